The van der Waals surface area contributed by atoms with Gasteiger partial charge in [0.15, 0.2) is 0 Å². The van der Waals surface area contributed by atoms with E-state index in [1.54, 1.807) is 23.3 Å². The zero-order chi connectivity index (χ0) is 11.1. The minimum atomic E-state index is 0.0313. The predicted octanol–water partition coefficient (Wildman–Crippen LogP) is 2.88. The van der Waals surface area contributed by atoms with E-state index < -0.39 is 0 Å². The fraction of sp³-hybridized carbons (Fsp3) is 0.500. The van der Waals surface area contributed by atoms with Crippen LogP contribution in [0, 0.1) is 0 Å². The van der Waals surface area contributed by atoms with Crippen molar-refractivity contribution in [1.29, 1.82) is 0 Å². The van der Waals surface area contributed by atoms with Crippen LogP contribution < -0.4 is 0 Å². The Morgan fingerprint density at radius 3 is 2.43 bits per heavy atom. The minimum absolute atomic E-state index is 0.0313. The summed E-state index contributed by atoms with van der Waals surface area (Å²) in [5.41, 5.74) is 3.89. The van der Waals surface area contributed by atoms with E-state index >= 15 is 0 Å². The van der Waals surface area contributed by atoms with Crippen molar-refractivity contribution in [2.75, 3.05) is 0 Å². The molecule has 0 fully saturated rings. The Kier molecular flexibility index (Phi) is 5.66. The summed E-state index contributed by atoms with van der Waals surface area (Å²) in [6.45, 7) is 9.84. The van der Waals surface area contributed by atoms with E-state index in [1.807, 2.05) is 34.6 Å². The summed E-state index contributed by atoms with van der Waals surface area (Å²) in [4.78, 5) is 13.1. The average Bonchev–Trinajstić information content (AvgIpc) is 2.30. The molecule has 14 heavy (non-hydrogen) atoms. The van der Waals surface area contributed by atoms with Gasteiger partial charge >= 0.3 is 0 Å². The molecule has 2 heteroatoms. The van der Waals surface area contributed by atoms with Crippen molar-refractivity contribution >= 4 is 5.91 Å². The second-order valence-corrected chi connectivity index (χ2v) is 3.17. The molecule has 1 heterocycles. The first-order valence-corrected chi connectivity index (χ1v) is 5.04. The second kappa shape index (κ2) is 6.22. The number of amides is 1. The third-order valence-corrected chi connectivity index (χ3v) is 1.69. The smallest absolute Gasteiger partial charge is 0.251 e. The molecule has 0 spiro atoms. The maximum absolute atomic E-state index is 11.4. The molecule has 0 bridgehead atoms. The van der Waals surface area contributed by atoms with Crippen molar-refractivity contribution in [3.8, 4) is 0 Å². The second-order valence-electron chi connectivity index (χ2n) is 3.17. The molecule has 0 unspecified atom stereocenters. The van der Waals surface area contributed by atoms with Crippen LogP contribution in [0.25, 0.3) is 0 Å². The number of allylic oxidation sites excluding steroid dienone is 2. The van der Waals surface area contributed by atoms with Gasteiger partial charge in [0.2, 0.25) is 0 Å². The topological polar surface area (TPSA) is 20.3 Å². The number of rotatable bonds is 1. The first-order valence-electron chi connectivity index (χ1n) is 5.04. The SMILES string of the molecule is CC.CC1=CC(=O)N(C(C)C)C=C=C1. The monoisotopic (exact) mass is 193 g/mol. The Bertz CT molecular complexity index is 281. The highest BCUT2D eigenvalue weighted by atomic mass is 16.2. The summed E-state index contributed by atoms with van der Waals surface area (Å²) in [6, 6.07) is 0.195. The predicted molar refractivity (Wildman–Crippen MR) is 59.7 cm³/mol. The Labute approximate surface area is 86.6 Å². The Hall–Kier alpha value is -1.27. The van der Waals surface area contributed by atoms with Gasteiger partial charge in [0.1, 0.15) is 0 Å². The lowest BCUT2D eigenvalue weighted by molar-refractivity contribution is -0.124. The van der Waals surface area contributed by atoms with Gasteiger partial charge in [0.05, 0.1) is 0 Å². The van der Waals surface area contributed by atoms with Crippen LogP contribution in [0.3, 0.4) is 0 Å². The quantitative estimate of drug-likeness (QED) is 0.586. The molecule has 1 aliphatic rings. The van der Waals surface area contributed by atoms with Crippen molar-refractivity contribution in [2.45, 2.75) is 40.7 Å². The van der Waals surface area contributed by atoms with Gasteiger partial charge in [0.25, 0.3) is 5.91 Å². The molecular weight excluding hydrogens is 174 g/mol. The molecule has 0 aromatic carbocycles. The summed E-state index contributed by atoms with van der Waals surface area (Å²) < 4.78 is 0. The molecule has 2 nitrogen and oxygen atoms in total. The fourth-order valence-electron chi connectivity index (χ4n) is 1.03. The van der Waals surface area contributed by atoms with Crippen molar-refractivity contribution < 1.29 is 4.79 Å². The molecule has 0 aromatic rings. The molecule has 1 rings (SSSR count). The van der Waals surface area contributed by atoms with Gasteiger partial charge in [-0.3, -0.25) is 4.79 Å². The van der Waals surface area contributed by atoms with Crippen molar-refractivity contribution in [3.05, 3.63) is 29.7 Å². The van der Waals surface area contributed by atoms with Gasteiger partial charge < -0.3 is 4.90 Å². The average molecular weight is 193 g/mol. The number of hydrogen-bond acceptors (Lipinski definition) is 1. The number of nitrogens with zero attached hydrogens (tertiary/aromatic N) is 1. The molecule has 0 radical (unpaired) electrons. The summed E-state index contributed by atoms with van der Waals surface area (Å²) in [5.74, 6) is 0.0313. The van der Waals surface area contributed by atoms with Gasteiger partial charge in [-0.1, -0.05) is 13.8 Å². The maximum atomic E-state index is 11.4. The first-order chi connectivity index (χ1) is 6.61. The Morgan fingerprint density at radius 1 is 1.36 bits per heavy atom. The van der Waals surface area contributed by atoms with Crippen LogP contribution >= 0.6 is 0 Å². The zero-order valence-corrected chi connectivity index (χ0v) is 9.66. The number of hydrogen-bond donors (Lipinski definition) is 0. The third kappa shape index (κ3) is 3.63. The molecule has 0 saturated carbocycles. The van der Waals surface area contributed by atoms with E-state index in [4.69, 9.17) is 0 Å². The van der Waals surface area contributed by atoms with Gasteiger partial charge in [-0.05, 0) is 32.4 Å². The summed E-state index contributed by atoms with van der Waals surface area (Å²) in [5, 5.41) is 0. The van der Waals surface area contributed by atoms with Crippen LogP contribution in [0.2, 0.25) is 0 Å². The highest BCUT2D eigenvalue weighted by Crippen LogP contribution is 2.06. The van der Waals surface area contributed by atoms with Crippen LogP contribution in [0.5, 0.6) is 0 Å². The van der Waals surface area contributed by atoms with Crippen LogP contribution in [0.15, 0.2) is 29.7 Å². The highest BCUT2D eigenvalue weighted by Gasteiger charge is 2.12. The fourth-order valence-corrected chi connectivity index (χ4v) is 1.03. The molecule has 0 atom stereocenters. The molecule has 0 N–H and O–H groups in total. The summed E-state index contributed by atoms with van der Waals surface area (Å²) in [7, 11) is 0. The van der Waals surface area contributed by atoms with Crippen LogP contribution in [-0.4, -0.2) is 16.8 Å². The summed E-state index contributed by atoms with van der Waals surface area (Å²) in [6.07, 6.45) is 5.12. The first kappa shape index (κ1) is 12.7. The lowest BCUT2D eigenvalue weighted by atomic mass is 10.2. The van der Waals surface area contributed by atoms with E-state index in [9.17, 15) is 4.79 Å². The molecule has 0 aromatic heterocycles. The number of carbonyl (C=O) groups excluding carboxylic acids is 1. The molecular formula is C12H19NO. The maximum Gasteiger partial charge on any atom is 0.251 e. The van der Waals surface area contributed by atoms with E-state index in [0.717, 1.165) is 5.57 Å². The number of carbonyl (C=O) groups is 1. The lowest BCUT2D eigenvalue weighted by Gasteiger charge is -2.19. The lowest BCUT2D eigenvalue weighted by Crippen LogP contribution is -2.30. The van der Waals surface area contributed by atoms with Crippen LogP contribution in [0.4, 0.5) is 0 Å². The van der Waals surface area contributed by atoms with E-state index in [1.165, 1.54) is 0 Å². The zero-order valence-electron chi connectivity index (χ0n) is 9.66. The molecule has 1 aliphatic heterocycles. The van der Waals surface area contributed by atoms with Crippen LogP contribution in [-0.2, 0) is 4.79 Å². The molecule has 78 valence electrons. The van der Waals surface area contributed by atoms with Gasteiger partial charge in [0, 0.05) is 18.3 Å². The van der Waals surface area contributed by atoms with Gasteiger partial charge in [-0.15, -0.1) is 5.73 Å². The summed E-state index contributed by atoms with van der Waals surface area (Å²) >= 11 is 0. The minimum Gasteiger partial charge on any atom is -0.306 e. The highest BCUT2D eigenvalue weighted by molar-refractivity contribution is 5.90. The molecule has 1 amide bonds. The largest absolute Gasteiger partial charge is 0.306 e. The van der Waals surface area contributed by atoms with E-state index in [2.05, 4.69) is 5.73 Å². The molecule has 0 aliphatic carbocycles. The van der Waals surface area contributed by atoms with Crippen molar-refractivity contribution in [1.82, 2.24) is 4.90 Å². The van der Waals surface area contributed by atoms with E-state index in [-0.39, 0.29) is 11.9 Å². The van der Waals surface area contributed by atoms with Crippen LogP contribution in [0.1, 0.15) is 34.6 Å². The standard InChI is InChI=1S/C10H13NO.C2H6/c1-8(2)11-6-4-5-9(3)7-10(11)12;1-2/h5-8H,1-3H3;1-2H3. The van der Waals surface area contributed by atoms with Crippen molar-refractivity contribution in [2.24, 2.45) is 0 Å². The van der Waals surface area contributed by atoms with Gasteiger partial charge in [-0.25, -0.2) is 0 Å². The Morgan fingerprint density at radius 2 is 1.93 bits per heavy atom. The van der Waals surface area contributed by atoms with Gasteiger partial charge in [-0.2, -0.15) is 0 Å². The molecule has 0 saturated heterocycles. The normalized spacial score (nSPS) is 14.9. The van der Waals surface area contributed by atoms with E-state index in [0.29, 0.717) is 0 Å². The van der Waals surface area contributed by atoms with Crippen molar-refractivity contribution in [3.63, 3.8) is 0 Å². The third-order valence-electron chi connectivity index (χ3n) is 1.69. The Balaban J connectivity index is 0.000000791.